The number of anilines is 1. The highest BCUT2D eigenvalue weighted by Crippen LogP contribution is 2.45. The van der Waals surface area contributed by atoms with E-state index in [2.05, 4.69) is 10.3 Å². The number of aliphatic hydroxyl groups excluding tert-OH is 3. The van der Waals surface area contributed by atoms with Crippen molar-refractivity contribution < 1.29 is 58.3 Å². The van der Waals surface area contributed by atoms with Gasteiger partial charge in [0, 0.05) is 12.7 Å². The maximum atomic E-state index is 12.1. The third-order valence-corrected chi connectivity index (χ3v) is 8.88. The molecule has 1 aliphatic rings. The average molecular weight is 622 g/mol. The molecule has 1 aromatic carbocycles. The van der Waals surface area contributed by atoms with Crippen molar-refractivity contribution in [2.45, 2.75) is 62.2 Å². The molecule has 1 fully saturated rings. The minimum absolute atomic E-state index is 0.0718. The van der Waals surface area contributed by atoms with E-state index in [1.807, 2.05) is 0 Å². The van der Waals surface area contributed by atoms with Gasteiger partial charge in [-0.25, -0.2) is 9.59 Å². The SMILES string of the molecule is Nc1ccn([C@@H]2O[C@H](C(O)CCC(CCNC(=O)OCc3ccc(P(=O)(O)O)cc3)P(=O)(O)O)[C@@H](O)[C@H]2O)c(=O)n1. The zero-order valence-electron chi connectivity index (χ0n) is 21.4. The maximum Gasteiger partial charge on any atom is 0.407 e. The van der Waals surface area contributed by atoms with Crippen molar-refractivity contribution in [3.8, 4) is 0 Å². The number of alkyl carbamates (subject to hydrolysis) is 1. The van der Waals surface area contributed by atoms with Crippen LogP contribution in [0.4, 0.5) is 10.6 Å². The summed E-state index contributed by atoms with van der Waals surface area (Å²) in [4.78, 5) is 65.3. The normalized spacial score (nSPS) is 22.7. The Morgan fingerprint density at radius 1 is 1.07 bits per heavy atom. The summed E-state index contributed by atoms with van der Waals surface area (Å²) < 4.78 is 34.6. The van der Waals surface area contributed by atoms with Crippen LogP contribution in [0.25, 0.3) is 0 Å². The lowest BCUT2D eigenvalue weighted by Gasteiger charge is -2.24. The molecule has 0 radical (unpaired) electrons. The number of carbonyl (C=O) groups excluding carboxylic acids is 1. The number of benzene rings is 1. The number of ether oxygens (including phenoxy) is 2. The fourth-order valence-corrected chi connectivity index (χ4v) is 5.68. The van der Waals surface area contributed by atoms with E-state index in [1.165, 1.54) is 36.5 Å². The molecule has 1 saturated heterocycles. The third-order valence-electron chi connectivity index (χ3n) is 6.44. The first kappa shape index (κ1) is 32.8. The quantitative estimate of drug-likeness (QED) is 0.119. The van der Waals surface area contributed by atoms with Crippen molar-refractivity contribution in [1.82, 2.24) is 14.9 Å². The van der Waals surface area contributed by atoms with Gasteiger partial charge in [0.05, 0.1) is 17.1 Å². The molecule has 1 aliphatic heterocycles. The first-order valence-electron chi connectivity index (χ1n) is 12.2. The lowest BCUT2D eigenvalue weighted by molar-refractivity contribution is -0.0881. The second-order valence-electron chi connectivity index (χ2n) is 9.40. The number of aliphatic hydroxyl groups is 3. The number of hydrogen-bond acceptors (Lipinski definition) is 11. The fraction of sp³-hybridized carbons (Fsp3) is 0.500. The van der Waals surface area contributed by atoms with Crippen LogP contribution in [0.1, 0.15) is 31.1 Å². The molecule has 3 rings (SSSR count). The van der Waals surface area contributed by atoms with Gasteiger partial charge >= 0.3 is 27.0 Å². The van der Waals surface area contributed by atoms with Gasteiger partial charge in [-0.1, -0.05) is 12.1 Å². The van der Waals surface area contributed by atoms with Crippen LogP contribution >= 0.6 is 15.2 Å². The lowest BCUT2D eigenvalue weighted by atomic mass is 10.0. The molecule has 1 amide bonds. The maximum absolute atomic E-state index is 12.1. The van der Waals surface area contributed by atoms with E-state index in [0.29, 0.717) is 5.56 Å². The summed E-state index contributed by atoms with van der Waals surface area (Å²) in [5.74, 6) is -0.0718. The Balaban J connectivity index is 1.49. The monoisotopic (exact) mass is 622 g/mol. The van der Waals surface area contributed by atoms with Crippen molar-refractivity contribution in [3.05, 3.63) is 52.6 Å². The van der Waals surface area contributed by atoms with E-state index < -0.39 is 63.3 Å². The van der Waals surface area contributed by atoms with Crippen LogP contribution in [0.5, 0.6) is 0 Å². The molecule has 0 spiro atoms. The van der Waals surface area contributed by atoms with Crippen LogP contribution < -0.4 is 22.0 Å². The molecule has 2 unspecified atom stereocenters. The highest BCUT2D eigenvalue weighted by Gasteiger charge is 2.47. The molecule has 6 atom stereocenters. The van der Waals surface area contributed by atoms with Gasteiger partial charge in [-0.15, -0.1) is 0 Å². The van der Waals surface area contributed by atoms with Crippen LogP contribution in [0, 0.1) is 0 Å². The molecule has 10 N–H and O–H groups in total. The zero-order chi connectivity index (χ0) is 30.5. The summed E-state index contributed by atoms with van der Waals surface area (Å²) in [6.07, 6.45) is -7.91. The number of carbonyl (C=O) groups is 1. The third kappa shape index (κ3) is 8.90. The lowest BCUT2D eigenvalue weighted by Crippen LogP contribution is -2.39. The number of amides is 1. The summed E-state index contributed by atoms with van der Waals surface area (Å²) in [5, 5.41) is 33.4. The zero-order valence-corrected chi connectivity index (χ0v) is 23.2. The number of rotatable bonds is 12. The van der Waals surface area contributed by atoms with E-state index >= 15 is 0 Å². The van der Waals surface area contributed by atoms with Gasteiger partial charge in [-0.3, -0.25) is 13.7 Å². The van der Waals surface area contributed by atoms with Crippen molar-refractivity contribution in [3.63, 3.8) is 0 Å². The van der Waals surface area contributed by atoms with E-state index in [1.54, 1.807) is 0 Å². The molecule has 0 bridgehead atoms. The Kier molecular flexibility index (Phi) is 10.8. The smallest absolute Gasteiger partial charge is 0.407 e. The van der Waals surface area contributed by atoms with Crippen LogP contribution in [0.2, 0.25) is 0 Å². The predicted molar refractivity (Wildman–Crippen MR) is 141 cm³/mol. The minimum Gasteiger partial charge on any atom is -0.445 e. The van der Waals surface area contributed by atoms with Gasteiger partial charge in [-0.05, 0) is 43.0 Å². The number of nitrogens with one attached hydrogen (secondary N) is 1. The number of nitrogen functional groups attached to an aromatic ring is 1. The van der Waals surface area contributed by atoms with E-state index in [9.17, 15) is 43.8 Å². The van der Waals surface area contributed by atoms with E-state index in [-0.39, 0.29) is 43.5 Å². The molecule has 41 heavy (non-hydrogen) atoms. The molecule has 1 aromatic heterocycles. The molecule has 19 heteroatoms. The van der Waals surface area contributed by atoms with Crippen LogP contribution in [0.15, 0.2) is 41.3 Å². The van der Waals surface area contributed by atoms with Crippen molar-refractivity contribution in [1.29, 1.82) is 0 Å². The Labute approximate surface area is 232 Å². The molecule has 17 nitrogen and oxygen atoms in total. The summed E-state index contributed by atoms with van der Waals surface area (Å²) in [7, 11) is -9.10. The Morgan fingerprint density at radius 3 is 2.32 bits per heavy atom. The predicted octanol–water partition coefficient (Wildman–Crippen LogP) is -1.75. The summed E-state index contributed by atoms with van der Waals surface area (Å²) in [6, 6.07) is 6.40. The largest absolute Gasteiger partial charge is 0.445 e. The number of nitrogens with two attached hydrogens (primary N) is 1. The van der Waals surface area contributed by atoms with E-state index in [4.69, 9.17) is 25.0 Å². The molecule has 0 saturated carbocycles. The molecule has 2 heterocycles. The number of nitrogens with zero attached hydrogens (tertiary/aromatic N) is 2. The second-order valence-corrected chi connectivity index (χ2v) is 12.9. The topological polar surface area (TPSA) is 284 Å². The van der Waals surface area contributed by atoms with Gasteiger partial charge in [0.2, 0.25) is 0 Å². The summed E-state index contributed by atoms with van der Waals surface area (Å²) in [6.45, 7) is -0.422. The first-order chi connectivity index (χ1) is 19.1. The second kappa shape index (κ2) is 13.5. The van der Waals surface area contributed by atoms with Crippen molar-refractivity contribution in [2.75, 3.05) is 12.3 Å². The Bertz CT molecular complexity index is 1350. The Morgan fingerprint density at radius 2 is 1.73 bits per heavy atom. The van der Waals surface area contributed by atoms with Gasteiger partial charge in [0.1, 0.15) is 30.7 Å². The highest BCUT2D eigenvalue weighted by molar-refractivity contribution is 7.60. The molecule has 0 aliphatic carbocycles. The molecular formula is C22H32N4O13P2. The van der Waals surface area contributed by atoms with Crippen molar-refractivity contribution >= 4 is 32.4 Å². The molecular weight excluding hydrogens is 590 g/mol. The van der Waals surface area contributed by atoms with Gasteiger partial charge in [0.15, 0.2) is 6.23 Å². The van der Waals surface area contributed by atoms with Crippen LogP contribution in [-0.4, -0.2) is 87.2 Å². The van der Waals surface area contributed by atoms with Crippen LogP contribution in [-0.2, 0) is 25.2 Å². The van der Waals surface area contributed by atoms with Gasteiger partial charge in [0.25, 0.3) is 0 Å². The summed E-state index contributed by atoms with van der Waals surface area (Å²) >= 11 is 0. The number of hydrogen-bond donors (Lipinski definition) is 9. The van der Waals surface area contributed by atoms with Crippen LogP contribution in [0.3, 0.4) is 0 Å². The van der Waals surface area contributed by atoms with Crippen molar-refractivity contribution in [2.24, 2.45) is 0 Å². The highest BCUT2D eigenvalue weighted by atomic mass is 31.2. The minimum atomic E-state index is -4.69. The van der Waals surface area contributed by atoms with Gasteiger partial charge < -0.3 is 55.4 Å². The molecule has 2 aromatic rings. The fourth-order valence-electron chi connectivity index (χ4n) is 4.19. The first-order valence-corrected chi connectivity index (χ1v) is 15.5. The Hall–Kier alpha value is -2.69. The average Bonchev–Trinajstić information content (AvgIpc) is 3.17. The van der Waals surface area contributed by atoms with E-state index in [0.717, 1.165) is 4.57 Å². The standard InChI is InChI=1S/C22H32N4O13P2/c23-16-8-10-26(21(30)25-16)20-18(29)17(28)19(39-20)15(27)6-5-14(41(35,36)37)7-9-24-22(31)38-11-12-1-3-13(4-2-12)40(32,33)34/h1-4,8,10,14-15,17-20,27-29H,5-7,9,11H2,(H,24,31)(H2,23,25,30)(H2,32,33,34)(H2,35,36,37)/t14?,15?,17-,18+,19+,20+/m0/s1. The summed E-state index contributed by atoms with van der Waals surface area (Å²) in [5.41, 5.74) is 3.74. The van der Waals surface area contributed by atoms with Gasteiger partial charge in [-0.2, -0.15) is 4.98 Å². The number of aromatic nitrogens is 2. The molecule has 228 valence electrons.